The molecule has 0 atom stereocenters. The summed E-state index contributed by atoms with van der Waals surface area (Å²) in [5.74, 6) is 1.74. The van der Waals surface area contributed by atoms with Crippen LogP contribution in [0, 0.1) is 6.92 Å². The van der Waals surface area contributed by atoms with Crippen LogP contribution in [0.3, 0.4) is 0 Å². The normalized spacial score (nSPS) is 11.6. The number of hydrogen-bond acceptors (Lipinski definition) is 5. The molecule has 0 N–H and O–H groups in total. The Kier molecular flexibility index (Phi) is 6.64. The molecule has 0 unspecified atom stereocenters. The molecule has 0 amide bonds. The molecule has 0 saturated heterocycles. The molecule has 3 aromatic heterocycles. The van der Waals surface area contributed by atoms with Crippen molar-refractivity contribution in [3.05, 3.63) is 163 Å². The molecule has 240 valence electrons. The second kappa shape index (κ2) is 11.6. The maximum Gasteiger partial charge on any atom is 0.164 e. The third kappa shape index (κ3) is 4.98. The zero-order chi connectivity index (χ0) is 33.9. The summed E-state index contributed by atoms with van der Waals surface area (Å²) in [5.41, 5.74) is 11.7. The van der Waals surface area contributed by atoms with Crippen LogP contribution in [-0.2, 0) is 0 Å². The number of fused-ring (bicyclic) bond motifs is 6. The Balaban J connectivity index is 1.11. The van der Waals surface area contributed by atoms with Crippen LogP contribution in [0.4, 0.5) is 0 Å². The molecule has 0 bridgehead atoms. The second-order valence-corrected chi connectivity index (χ2v) is 12.9. The quantitative estimate of drug-likeness (QED) is 0.185. The Morgan fingerprint density at radius 3 is 1.71 bits per heavy atom. The van der Waals surface area contributed by atoms with Gasteiger partial charge in [-0.25, -0.2) is 15.0 Å². The Labute approximate surface area is 293 Å². The van der Waals surface area contributed by atoms with Crippen LogP contribution in [0.2, 0.25) is 0 Å². The summed E-state index contributed by atoms with van der Waals surface area (Å²) in [5, 5.41) is 4.29. The van der Waals surface area contributed by atoms with E-state index in [1.807, 2.05) is 54.6 Å². The number of aromatic nitrogens is 3. The molecular weight excluding hydrogens is 627 g/mol. The topological polar surface area (TPSA) is 65.0 Å². The highest BCUT2D eigenvalue weighted by molar-refractivity contribution is 6.13. The molecule has 10 rings (SSSR count). The largest absolute Gasteiger partial charge is 0.456 e. The lowest BCUT2D eigenvalue weighted by molar-refractivity contribution is 0.666. The molecule has 0 spiro atoms. The highest BCUT2D eigenvalue weighted by Crippen LogP contribution is 2.39. The number of hydrogen-bond donors (Lipinski definition) is 0. The van der Waals surface area contributed by atoms with E-state index in [2.05, 4.69) is 110 Å². The van der Waals surface area contributed by atoms with Gasteiger partial charge in [0.25, 0.3) is 0 Å². The minimum Gasteiger partial charge on any atom is -0.456 e. The molecule has 3 heterocycles. The minimum atomic E-state index is 0.567. The molecule has 51 heavy (non-hydrogen) atoms. The molecule has 0 saturated carbocycles. The zero-order valence-corrected chi connectivity index (χ0v) is 27.7. The van der Waals surface area contributed by atoms with Gasteiger partial charge in [-0.2, -0.15) is 0 Å². The van der Waals surface area contributed by atoms with Gasteiger partial charge in [-0.05, 0) is 71.1 Å². The van der Waals surface area contributed by atoms with Gasteiger partial charge in [0.05, 0.1) is 0 Å². The Morgan fingerprint density at radius 2 is 0.961 bits per heavy atom. The van der Waals surface area contributed by atoms with E-state index in [0.717, 1.165) is 77.3 Å². The predicted molar refractivity (Wildman–Crippen MR) is 206 cm³/mol. The number of nitrogens with zero attached hydrogens (tertiary/aromatic N) is 3. The molecule has 0 aliphatic heterocycles. The van der Waals surface area contributed by atoms with E-state index >= 15 is 0 Å². The lowest BCUT2D eigenvalue weighted by Crippen LogP contribution is -2.00. The Hall–Kier alpha value is -6.85. The van der Waals surface area contributed by atoms with Crippen molar-refractivity contribution < 1.29 is 8.83 Å². The van der Waals surface area contributed by atoms with E-state index in [-0.39, 0.29) is 0 Å². The molecule has 0 fully saturated rings. The molecule has 5 nitrogen and oxygen atoms in total. The summed E-state index contributed by atoms with van der Waals surface area (Å²) in [7, 11) is 0. The third-order valence-corrected chi connectivity index (χ3v) is 9.66. The fraction of sp³-hybridized carbons (Fsp3) is 0.0217. The van der Waals surface area contributed by atoms with E-state index in [1.165, 1.54) is 11.1 Å². The summed E-state index contributed by atoms with van der Waals surface area (Å²) in [6.07, 6.45) is 0. The van der Waals surface area contributed by atoms with Crippen molar-refractivity contribution in [2.75, 3.05) is 0 Å². The maximum absolute atomic E-state index is 6.52. The van der Waals surface area contributed by atoms with Gasteiger partial charge in [-0.1, -0.05) is 121 Å². The SMILES string of the molecule is Cc1cccc2c1oc1cc(-c3nc(-c4ccccc4)nc(-c4ccc5c(c4)oc4cccc(-c6cccc(-c7ccccc7)c6)c45)n3)ccc12. The fourth-order valence-corrected chi connectivity index (χ4v) is 7.13. The van der Waals surface area contributed by atoms with E-state index in [4.69, 9.17) is 23.8 Å². The van der Waals surface area contributed by atoms with Crippen LogP contribution in [0.1, 0.15) is 5.56 Å². The first kappa shape index (κ1) is 29.1. The monoisotopic (exact) mass is 655 g/mol. The standard InChI is InChI=1S/C46H29N3O2/c1-28-11-8-19-37-36-23-21-33(26-40(36)51-43(28)37)45-47-44(30-14-6-3-7-15-30)48-46(49-45)34-22-24-38-41(27-34)50-39-20-10-18-35(42(38)39)32-17-9-16-31(25-32)29-12-4-2-5-13-29/h2-27H,1H3. The molecule has 0 aliphatic rings. The van der Waals surface area contributed by atoms with Crippen LogP contribution in [0.25, 0.3) is 100 Å². The van der Waals surface area contributed by atoms with Crippen LogP contribution in [0.15, 0.2) is 167 Å². The first-order valence-electron chi connectivity index (χ1n) is 17.0. The van der Waals surface area contributed by atoms with Crippen molar-refractivity contribution in [2.45, 2.75) is 6.92 Å². The molecule has 7 aromatic carbocycles. The number of rotatable bonds is 5. The van der Waals surface area contributed by atoms with E-state index in [0.29, 0.717) is 17.5 Å². The van der Waals surface area contributed by atoms with Gasteiger partial charge in [0, 0.05) is 38.2 Å². The third-order valence-electron chi connectivity index (χ3n) is 9.66. The van der Waals surface area contributed by atoms with Crippen LogP contribution < -0.4 is 0 Å². The highest BCUT2D eigenvalue weighted by atomic mass is 16.3. The van der Waals surface area contributed by atoms with Gasteiger partial charge in [-0.3, -0.25) is 0 Å². The number of benzene rings is 7. The zero-order valence-electron chi connectivity index (χ0n) is 27.7. The van der Waals surface area contributed by atoms with Crippen molar-refractivity contribution in [1.82, 2.24) is 15.0 Å². The van der Waals surface area contributed by atoms with Gasteiger partial charge in [-0.15, -0.1) is 0 Å². The Morgan fingerprint density at radius 1 is 0.373 bits per heavy atom. The second-order valence-electron chi connectivity index (χ2n) is 12.9. The van der Waals surface area contributed by atoms with Crippen molar-refractivity contribution in [3.8, 4) is 56.4 Å². The molecule has 0 aliphatic carbocycles. The minimum absolute atomic E-state index is 0.567. The van der Waals surface area contributed by atoms with Gasteiger partial charge in [0.15, 0.2) is 17.5 Å². The van der Waals surface area contributed by atoms with E-state index < -0.39 is 0 Å². The highest BCUT2D eigenvalue weighted by Gasteiger charge is 2.18. The average Bonchev–Trinajstić information content (AvgIpc) is 3.77. The Bertz CT molecular complexity index is 2920. The first-order chi connectivity index (χ1) is 25.2. The van der Waals surface area contributed by atoms with Crippen molar-refractivity contribution >= 4 is 43.9 Å². The molecule has 5 heteroatoms. The van der Waals surface area contributed by atoms with Gasteiger partial charge in [0.1, 0.15) is 22.3 Å². The molecule has 0 radical (unpaired) electrons. The predicted octanol–water partition coefficient (Wildman–Crippen LogP) is 12.3. The number of furan rings is 2. The lowest BCUT2D eigenvalue weighted by Gasteiger charge is -2.09. The molecular formula is C46H29N3O2. The smallest absolute Gasteiger partial charge is 0.164 e. The molecule has 10 aromatic rings. The summed E-state index contributed by atoms with van der Waals surface area (Å²) in [6.45, 7) is 2.07. The number of aryl methyl sites for hydroxylation is 1. The van der Waals surface area contributed by atoms with Crippen molar-refractivity contribution in [3.63, 3.8) is 0 Å². The van der Waals surface area contributed by atoms with Crippen molar-refractivity contribution in [2.24, 2.45) is 0 Å². The summed E-state index contributed by atoms with van der Waals surface area (Å²) < 4.78 is 12.9. The van der Waals surface area contributed by atoms with Crippen LogP contribution in [0.5, 0.6) is 0 Å². The summed E-state index contributed by atoms with van der Waals surface area (Å²) in [4.78, 5) is 15.0. The first-order valence-corrected chi connectivity index (χ1v) is 17.0. The summed E-state index contributed by atoms with van der Waals surface area (Å²) >= 11 is 0. The van der Waals surface area contributed by atoms with E-state index in [1.54, 1.807) is 0 Å². The summed E-state index contributed by atoms with van der Waals surface area (Å²) in [6, 6.07) is 54.1. The fourth-order valence-electron chi connectivity index (χ4n) is 7.13. The average molecular weight is 656 g/mol. The van der Waals surface area contributed by atoms with Crippen LogP contribution >= 0.6 is 0 Å². The number of para-hydroxylation sites is 1. The van der Waals surface area contributed by atoms with E-state index in [9.17, 15) is 0 Å². The van der Waals surface area contributed by atoms with Crippen molar-refractivity contribution in [1.29, 1.82) is 0 Å². The van der Waals surface area contributed by atoms with Gasteiger partial charge >= 0.3 is 0 Å². The maximum atomic E-state index is 6.52. The lowest BCUT2D eigenvalue weighted by atomic mass is 9.96. The van der Waals surface area contributed by atoms with Gasteiger partial charge < -0.3 is 8.83 Å². The van der Waals surface area contributed by atoms with Gasteiger partial charge in [0.2, 0.25) is 0 Å². The van der Waals surface area contributed by atoms with Crippen LogP contribution in [-0.4, -0.2) is 15.0 Å².